The molecule has 5 aromatic rings. The first-order chi connectivity index (χ1) is 19.2. The normalized spacial score (nSPS) is 11.5. The minimum absolute atomic E-state index is 0.349. The lowest BCUT2D eigenvalue weighted by molar-refractivity contribution is 0.284. The molecule has 2 aromatic heterocycles. The molecule has 0 fully saturated rings. The molecule has 0 spiro atoms. The van der Waals surface area contributed by atoms with E-state index in [9.17, 15) is 0 Å². The summed E-state index contributed by atoms with van der Waals surface area (Å²) in [6.07, 6.45) is 6.42. The molecule has 0 atom stereocenters. The maximum absolute atomic E-state index is 6.03. The molecule has 0 aliphatic rings. The number of nitrogens with zero attached hydrogens (tertiary/aromatic N) is 5. The van der Waals surface area contributed by atoms with Gasteiger partial charge in [-0.1, -0.05) is 68.7 Å². The fraction of sp³-hybridized carbons (Fsp3) is 0.290. The fourth-order valence-electron chi connectivity index (χ4n) is 4.65. The monoisotopic (exact) mass is 522 g/mol. The summed E-state index contributed by atoms with van der Waals surface area (Å²) in [7, 11) is 1.63. The van der Waals surface area contributed by atoms with E-state index in [0.717, 1.165) is 46.2 Å². The Hall–Kier alpha value is -4.46. The van der Waals surface area contributed by atoms with Gasteiger partial charge < -0.3 is 14.0 Å². The third-order valence-electron chi connectivity index (χ3n) is 6.82. The van der Waals surface area contributed by atoms with Gasteiger partial charge in [-0.15, -0.1) is 10.2 Å². The van der Waals surface area contributed by atoms with Crippen molar-refractivity contribution in [2.75, 3.05) is 12.5 Å². The van der Waals surface area contributed by atoms with Crippen LogP contribution in [0.2, 0.25) is 0 Å². The third-order valence-corrected chi connectivity index (χ3v) is 6.82. The molecule has 0 unspecified atom stereocenters. The summed E-state index contributed by atoms with van der Waals surface area (Å²) in [5.41, 5.74) is 8.87. The average molecular weight is 523 g/mol. The minimum atomic E-state index is 0.349. The van der Waals surface area contributed by atoms with Crippen LogP contribution in [0.15, 0.2) is 71.8 Å². The van der Waals surface area contributed by atoms with Crippen molar-refractivity contribution in [3.05, 3.63) is 83.4 Å². The van der Waals surface area contributed by atoms with Crippen LogP contribution in [0, 0.1) is 6.92 Å². The number of unbranched alkanes of at least 4 members (excludes halogenated alkanes) is 3. The molecule has 5 rings (SSSR count). The fourth-order valence-corrected chi connectivity index (χ4v) is 4.65. The SMILES string of the molecule is CCCCCCn1c2ccccc2c2nnc(N/N=C/c3ccc(OCc4ccccc4C)c(OC)c3)nc21. The molecule has 8 heteroatoms. The van der Waals surface area contributed by atoms with Crippen LogP contribution in [0.5, 0.6) is 11.5 Å². The summed E-state index contributed by atoms with van der Waals surface area (Å²) in [6.45, 7) is 5.66. The van der Waals surface area contributed by atoms with Gasteiger partial charge in [-0.2, -0.15) is 10.1 Å². The summed E-state index contributed by atoms with van der Waals surface area (Å²) in [5.74, 6) is 1.66. The summed E-state index contributed by atoms with van der Waals surface area (Å²) < 4.78 is 13.8. The number of fused-ring (bicyclic) bond motifs is 3. The topological polar surface area (TPSA) is 86.5 Å². The lowest BCUT2D eigenvalue weighted by Crippen LogP contribution is -2.03. The van der Waals surface area contributed by atoms with Gasteiger partial charge in [0, 0.05) is 11.9 Å². The van der Waals surface area contributed by atoms with Crippen LogP contribution < -0.4 is 14.9 Å². The van der Waals surface area contributed by atoms with Gasteiger partial charge in [0.05, 0.1) is 18.8 Å². The van der Waals surface area contributed by atoms with Crippen LogP contribution in [0.25, 0.3) is 22.1 Å². The number of nitrogens with one attached hydrogen (secondary N) is 1. The highest BCUT2D eigenvalue weighted by molar-refractivity contribution is 6.04. The van der Waals surface area contributed by atoms with Crippen LogP contribution in [0.3, 0.4) is 0 Å². The standard InChI is InChI=1S/C31H34N6O2/c1-4-5-6-11-18-37-26-15-10-9-14-25(26)29-30(37)33-31(36-34-29)35-32-20-23-16-17-27(28(19-23)38-3)39-21-24-13-8-7-12-22(24)2/h7-10,12-17,19-20H,4-6,11,18,21H2,1-3H3,(H,33,35,36)/b32-20+. The summed E-state index contributed by atoms with van der Waals surface area (Å²) >= 11 is 0. The van der Waals surface area contributed by atoms with Crippen molar-refractivity contribution in [3.63, 3.8) is 0 Å². The smallest absolute Gasteiger partial charge is 0.265 e. The second-order valence-electron chi connectivity index (χ2n) is 9.53. The molecule has 1 N–H and O–H groups in total. The molecule has 0 saturated carbocycles. The Morgan fingerprint density at radius 1 is 0.949 bits per heavy atom. The van der Waals surface area contributed by atoms with Gasteiger partial charge in [-0.3, -0.25) is 0 Å². The molecule has 0 radical (unpaired) electrons. The summed E-state index contributed by atoms with van der Waals surface area (Å²) in [6, 6.07) is 22.1. The van der Waals surface area contributed by atoms with Crippen molar-refractivity contribution in [1.29, 1.82) is 0 Å². The quantitative estimate of drug-likeness (QED) is 0.109. The first kappa shape index (κ1) is 26.2. The Kier molecular flexibility index (Phi) is 8.31. The van der Waals surface area contributed by atoms with Crippen LogP contribution in [-0.4, -0.2) is 33.1 Å². The number of hydrogen-bond donors (Lipinski definition) is 1. The number of hydrazone groups is 1. The van der Waals surface area contributed by atoms with Crippen molar-refractivity contribution >= 4 is 34.2 Å². The molecule has 2 heterocycles. The number of rotatable bonds is 12. The van der Waals surface area contributed by atoms with Crippen molar-refractivity contribution in [2.24, 2.45) is 5.10 Å². The molecule has 3 aromatic carbocycles. The lowest BCUT2D eigenvalue weighted by atomic mass is 10.1. The molecule has 0 bridgehead atoms. The van der Waals surface area contributed by atoms with E-state index in [0.29, 0.717) is 24.1 Å². The van der Waals surface area contributed by atoms with Gasteiger partial charge in [-0.25, -0.2) is 5.43 Å². The Morgan fingerprint density at radius 2 is 1.79 bits per heavy atom. The zero-order valence-electron chi connectivity index (χ0n) is 22.7. The van der Waals surface area contributed by atoms with E-state index in [1.165, 1.54) is 24.8 Å². The van der Waals surface area contributed by atoms with E-state index in [1.807, 2.05) is 42.5 Å². The zero-order chi connectivity index (χ0) is 27.0. The van der Waals surface area contributed by atoms with E-state index >= 15 is 0 Å². The van der Waals surface area contributed by atoms with Gasteiger partial charge in [-0.05, 0) is 54.3 Å². The third kappa shape index (κ3) is 6.00. The van der Waals surface area contributed by atoms with E-state index in [1.54, 1.807) is 13.3 Å². The molecule has 8 nitrogen and oxygen atoms in total. The van der Waals surface area contributed by atoms with Crippen LogP contribution >= 0.6 is 0 Å². The number of anilines is 1. The van der Waals surface area contributed by atoms with E-state index in [4.69, 9.17) is 14.5 Å². The van der Waals surface area contributed by atoms with Gasteiger partial charge in [0.1, 0.15) is 12.1 Å². The molecule has 0 amide bonds. The lowest BCUT2D eigenvalue weighted by Gasteiger charge is -2.12. The highest BCUT2D eigenvalue weighted by atomic mass is 16.5. The molecule has 200 valence electrons. The maximum Gasteiger partial charge on any atom is 0.265 e. The Morgan fingerprint density at radius 3 is 2.64 bits per heavy atom. The van der Waals surface area contributed by atoms with Crippen molar-refractivity contribution in [3.8, 4) is 11.5 Å². The Bertz CT molecular complexity index is 1590. The van der Waals surface area contributed by atoms with E-state index in [2.05, 4.69) is 63.4 Å². The number of aromatic nitrogens is 4. The Balaban J connectivity index is 1.31. The first-order valence-corrected chi connectivity index (χ1v) is 13.4. The number of para-hydroxylation sites is 1. The van der Waals surface area contributed by atoms with E-state index in [-0.39, 0.29) is 0 Å². The number of methoxy groups -OCH3 is 1. The summed E-state index contributed by atoms with van der Waals surface area (Å²) in [5, 5.41) is 14.2. The highest BCUT2D eigenvalue weighted by Gasteiger charge is 2.14. The number of aryl methyl sites for hydroxylation is 2. The second-order valence-corrected chi connectivity index (χ2v) is 9.53. The van der Waals surface area contributed by atoms with Gasteiger partial charge in [0.2, 0.25) is 0 Å². The Labute approximate surface area is 228 Å². The van der Waals surface area contributed by atoms with Crippen molar-refractivity contribution < 1.29 is 9.47 Å². The van der Waals surface area contributed by atoms with E-state index < -0.39 is 0 Å². The maximum atomic E-state index is 6.03. The zero-order valence-corrected chi connectivity index (χ0v) is 22.7. The molecule has 0 saturated heterocycles. The minimum Gasteiger partial charge on any atom is -0.493 e. The van der Waals surface area contributed by atoms with Crippen molar-refractivity contribution in [1.82, 2.24) is 19.7 Å². The van der Waals surface area contributed by atoms with Crippen LogP contribution in [-0.2, 0) is 13.2 Å². The summed E-state index contributed by atoms with van der Waals surface area (Å²) in [4.78, 5) is 4.77. The highest BCUT2D eigenvalue weighted by Crippen LogP contribution is 2.29. The number of benzene rings is 3. The molecule has 0 aliphatic heterocycles. The van der Waals surface area contributed by atoms with Gasteiger partial charge in [0.25, 0.3) is 5.95 Å². The first-order valence-electron chi connectivity index (χ1n) is 13.4. The molecule has 0 aliphatic carbocycles. The molecular weight excluding hydrogens is 488 g/mol. The largest absolute Gasteiger partial charge is 0.493 e. The number of hydrogen-bond acceptors (Lipinski definition) is 7. The molecule has 39 heavy (non-hydrogen) atoms. The van der Waals surface area contributed by atoms with Gasteiger partial charge >= 0.3 is 0 Å². The van der Waals surface area contributed by atoms with Crippen LogP contribution in [0.1, 0.15) is 49.3 Å². The number of ether oxygens (including phenoxy) is 2. The molecular formula is C31H34N6O2. The van der Waals surface area contributed by atoms with Crippen LogP contribution in [0.4, 0.5) is 5.95 Å². The van der Waals surface area contributed by atoms with Crippen molar-refractivity contribution in [2.45, 2.75) is 52.7 Å². The second kappa shape index (κ2) is 12.4. The average Bonchev–Trinajstić information content (AvgIpc) is 3.28. The predicted octanol–water partition coefficient (Wildman–Crippen LogP) is 6.90. The van der Waals surface area contributed by atoms with Gasteiger partial charge in [0.15, 0.2) is 17.1 Å². The predicted molar refractivity (Wildman–Crippen MR) is 157 cm³/mol.